The molecule has 0 radical (unpaired) electrons. The Hall–Kier alpha value is -4.20. The van der Waals surface area contributed by atoms with Crippen LogP contribution in [0.2, 0.25) is 0 Å². The van der Waals surface area contributed by atoms with Gasteiger partial charge < -0.3 is 15.1 Å². The number of rotatable bonds is 5. The van der Waals surface area contributed by atoms with Crippen molar-refractivity contribution in [2.24, 2.45) is 0 Å². The number of benzene rings is 3. The molecule has 0 spiro atoms. The summed E-state index contributed by atoms with van der Waals surface area (Å²) in [5.74, 6) is -0.738. The Morgan fingerprint density at radius 3 is 2.77 bits per heavy atom. The van der Waals surface area contributed by atoms with Gasteiger partial charge in [-0.05, 0) is 35.9 Å². The van der Waals surface area contributed by atoms with Crippen molar-refractivity contribution in [1.29, 1.82) is 0 Å². The minimum absolute atomic E-state index is 0.158. The molecule has 1 amide bonds. The third-order valence-corrected chi connectivity index (χ3v) is 4.69. The van der Waals surface area contributed by atoms with Crippen LogP contribution < -0.4 is 10.6 Å². The number of H-pyrrole nitrogens is 1. The number of oxazole rings is 1. The first-order valence-corrected chi connectivity index (χ1v) is 9.30. The fourth-order valence-corrected chi connectivity index (χ4v) is 3.22. The zero-order valence-electron chi connectivity index (χ0n) is 15.6. The monoisotopic (exact) mass is 401 g/mol. The number of hydrogen-bond donors (Lipinski definition) is 3. The van der Waals surface area contributed by atoms with E-state index in [1.165, 1.54) is 6.07 Å². The molecule has 8 heteroatoms. The van der Waals surface area contributed by atoms with Crippen LogP contribution in [0.3, 0.4) is 0 Å². The number of para-hydroxylation sites is 1. The molecule has 0 unspecified atom stereocenters. The lowest BCUT2D eigenvalue weighted by Crippen LogP contribution is -2.23. The quantitative estimate of drug-likeness (QED) is 0.403. The maximum atomic E-state index is 13.8. The van der Waals surface area contributed by atoms with Gasteiger partial charge >= 0.3 is 0 Å². The number of aromatic nitrogens is 3. The van der Waals surface area contributed by atoms with E-state index in [-0.39, 0.29) is 23.1 Å². The zero-order chi connectivity index (χ0) is 20.5. The van der Waals surface area contributed by atoms with E-state index in [9.17, 15) is 9.18 Å². The molecule has 7 nitrogen and oxygen atoms in total. The molecule has 2 heterocycles. The second kappa shape index (κ2) is 7.32. The van der Waals surface area contributed by atoms with Crippen LogP contribution in [0.25, 0.3) is 22.0 Å². The van der Waals surface area contributed by atoms with E-state index in [0.717, 1.165) is 5.56 Å². The van der Waals surface area contributed by atoms with Gasteiger partial charge in [0.25, 0.3) is 11.9 Å². The lowest BCUT2D eigenvalue weighted by Gasteiger charge is -2.05. The van der Waals surface area contributed by atoms with E-state index in [2.05, 4.69) is 25.8 Å². The fourth-order valence-electron chi connectivity index (χ4n) is 3.22. The summed E-state index contributed by atoms with van der Waals surface area (Å²) >= 11 is 0. The van der Waals surface area contributed by atoms with E-state index in [1.54, 1.807) is 30.3 Å². The molecule has 5 rings (SSSR count). The maximum Gasteiger partial charge on any atom is 0.300 e. The fraction of sp³-hybridized carbons (Fsp3) is 0.0455. The summed E-state index contributed by atoms with van der Waals surface area (Å²) in [5, 5.41) is 13.5. The van der Waals surface area contributed by atoms with Crippen LogP contribution in [0, 0.1) is 5.82 Å². The van der Waals surface area contributed by atoms with Gasteiger partial charge in [0.1, 0.15) is 5.52 Å². The van der Waals surface area contributed by atoms with Crippen LogP contribution in [0.15, 0.2) is 71.1 Å². The van der Waals surface area contributed by atoms with E-state index in [0.29, 0.717) is 28.7 Å². The standard InChI is InChI=1S/C22H16FN5O2/c23-16-7-4-8-18-20(16)26-22(30-18)25-14-9-10-17-15(11-14)19(28-27-17)21(29)24-12-13-5-2-1-3-6-13/h1-11H,12H2,(H,24,29)(H,25,26)(H,27,28). The topological polar surface area (TPSA) is 95.8 Å². The lowest BCUT2D eigenvalue weighted by atomic mass is 10.1. The van der Waals surface area contributed by atoms with Crippen LogP contribution in [-0.4, -0.2) is 21.1 Å². The average Bonchev–Trinajstić information content (AvgIpc) is 3.37. The third kappa shape index (κ3) is 3.35. The van der Waals surface area contributed by atoms with Gasteiger partial charge in [-0.15, -0.1) is 0 Å². The number of halogens is 1. The van der Waals surface area contributed by atoms with Crippen molar-refractivity contribution in [2.45, 2.75) is 6.54 Å². The highest BCUT2D eigenvalue weighted by molar-refractivity contribution is 6.05. The van der Waals surface area contributed by atoms with Gasteiger partial charge in [-0.1, -0.05) is 36.4 Å². The number of hydrogen-bond acceptors (Lipinski definition) is 5. The number of aromatic amines is 1. The van der Waals surface area contributed by atoms with Crippen molar-refractivity contribution in [2.75, 3.05) is 5.32 Å². The van der Waals surface area contributed by atoms with Crippen molar-refractivity contribution in [3.8, 4) is 0 Å². The Balaban J connectivity index is 1.39. The largest absolute Gasteiger partial charge is 0.423 e. The summed E-state index contributed by atoms with van der Waals surface area (Å²) in [5.41, 5.74) is 3.14. The number of fused-ring (bicyclic) bond motifs is 2. The van der Waals surface area contributed by atoms with Crippen molar-refractivity contribution in [1.82, 2.24) is 20.5 Å². The highest BCUT2D eigenvalue weighted by Gasteiger charge is 2.15. The van der Waals surface area contributed by atoms with E-state index in [1.807, 2.05) is 30.3 Å². The molecule has 0 saturated carbocycles. The summed E-state index contributed by atoms with van der Waals surface area (Å²) in [4.78, 5) is 16.8. The number of nitrogens with zero attached hydrogens (tertiary/aromatic N) is 2. The summed E-state index contributed by atoms with van der Waals surface area (Å²) in [6, 6.07) is 19.7. The van der Waals surface area contributed by atoms with Crippen molar-refractivity contribution >= 4 is 39.6 Å². The molecule has 3 N–H and O–H groups in total. The molecule has 30 heavy (non-hydrogen) atoms. The van der Waals surface area contributed by atoms with Gasteiger partial charge in [0, 0.05) is 17.6 Å². The first-order chi connectivity index (χ1) is 14.7. The van der Waals surface area contributed by atoms with Gasteiger partial charge in [0.15, 0.2) is 17.1 Å². The molecule has 148 valence electrons. The van der Waals surface area contributed by atoms with Crippen molar-refractivity contribution < 1.29 is 13.6 Å². The summed E-state index contributed by atoms with van der Waals surface area (Å²) in [6.07, 6.45) is 0. The SMILES string of the molecule is O=C(NCc1ccccc1)c1n[nH]c2ccc(Nc3nc4c(F)cccc4o3)cc12. The number of nitrogens with one attached hydrogen (secondary N) is 3. The third-order valence-electron chi connectivity index (χ3n) is 4.69. The van der Waals surface area contributed by atoms with Gasteiger partial charge in [-0.2, -0.15) is 10.1 Å². The van der Waals surface area contributed by atoms with Gasteiger partial charge in [0.2, 0.25) is 0 Å². The van der Waals surface area contributed by atoms with Gasteiger partial charge in [-0.25, -0.2) is 4.39 Å². The second-order valence-corrected chi connectivity index (χ2v) is 6.73. The summed E-state index contributed by atoms with van der Waals surface area (Å²) in [6.45, 7) is 0.403. The molecule has 0 bridgehead atoms. The lowest BCUT2D eigenvalue weighted by molar-refractivity contribution is 0.0947. The molecule has 5 aromatic rings. The van der Waals surface area contributed by atoms with Crippen LogP contribution in [-0.2, 0) is 6.54 Å². The molecular weight excluding hydrogens is 385 g/mol. The van der Waals surface area contributed by atoms with Crippen molar-refractivity contribution in [3.05, 3.63) is 83.8 Å². The zero-order valence-corrected chi connectivity index (χ0v) is 15.6. The van der Waals surface area contributed by atoms with E-state index >= 15 is 0 Å². The summed E-state index contributed by atoms with van der Waals surface area (Å²) in [7, 11) is 0. The van der Waals surface area contributed by atoms with Crippen LogP contribution >= 0.6 is 0 Å². The normalized spacial score (nSPS) is 11.1. The summed E-state index contributed by atoms with van der Waals surface area (Å²) < 4.78 is 19.4. The number of anilines is 2. The molecule has 0 aliphatic carbocycles. The number of carbonyl (C=O) groups excluding carboxylic acids is 1. The Morgan fingerprint density at radius 2 is 1.93 bits per heavy atom. The van der Waals surface area contributed by atoms with Gasteiger partial charge in [-0.3, -0.25) is 9.89 Å². The predicted molar refractivity (Wildman–Crippen MR) is 111 cm³/mol. The molecule has 0 saturated heterocycles. The molecule has 0 atom stereocenters. The average molecular weight is 401 g/mol. The molecule has 0 fully saturated rings. The second-order valence-electron chi connectivity index (χ2n) is 6.73. The first-order valence-electron chi connectivity index (χ1n) is 9.30. The highest BCUT2D eigenvalue weighted by atomic mass is 19.1. The first kappa shape index (κ1) is 17.9. The Bertz CT molecular complexity index is 1360. The minimum Gasteiger partial charge on any atom is -0.423 e. The van der Waals surface area contributed by atoms with Gasteiger partial charge in [0.05, 0.1) is 5.52 Å². The molecule has 3 aromatic carbocycles. The Kier molecular flexibility index (Phi) is 4.36. The van der Waals surface area contributed by atoms with Crippen LogP contribution in [0.1, 0.15) is 16.1 Å². The smallest absolute Gasteiger partial charge is 0.300 e. The maximum absolute atomic E-state index is 13.8. The Labute approximate surface area is 169 Å². The predicted octanol–water partition coefficient (Wildman–Crippen LogP) is 4.52. The van der Waals surface area contributed by atoms with E-state index in [4.69, 9.17) is 4.42 Å². The van der Waals surface area contributed by atoms with Crippen molar-refractivity contribution in [3.63, 3.8) is 0 Å². The Morgan fingerprint density at radius 1 is 1.07 bits per heavy atom. The molecule has 2 aromatic heterocycles. The number of carbonyl (C=O) groups is 1. The molecular formula is C22H16FN5O2. The van der Waals surface area contributed by atoms with E-state index < -0.39 is 5.82 Å². The van der Waals surface area contributed by atoms with Crippen LogP contribution in [0.5, 0.6) is 0 Å². The molecule has 0 aliphatic rings. The number of amides is 1. The van der Waals surface area contributed by atoms with Crippen LogP contribution in [0.4, 0.5) is 16.1 Å². The minimum atomic E-state index is -0.452. The molecule has 0 aliphatic heterocycles. The highest BCUT2D eigenvalue weighted by Crippen LogP contribution is 2.26.